The van der Waals surface area contributed by atoms with E-state index in [4.69, 9.17) is 10.8 Å². The van der Waals surface area contributed by atoms with Gasteiger partial charge in [-0.25, -0.2) is 4.39 Å². The molecule has 0 unspecified atom stereocenters. The summed E-state index contributed by atoms with van der Waals surface area (Å²) in [7, 11) is 0. The lowest BCUT2D eigenvalue weighted by molar-refractivity contribution is -0.138. The summed E-state index contributed by atoms with van der Waals surface area (Å²) in [5, 5.41) is 17.8. The maximum atomic E-state index is 12.7. The Kier molecular flexibility index (Phi) is 3.03. The largest absolute Gasteiger partial charge is 0.508 e. The minimum absolute atomic E-state index is 0.0983. The van der Waals surface area contributed by atoms with E-state index in [1.165, 1.54) is 6.07 Å². The number of hydrogen-bond donors (Lipinski definition) is 3. The third-order valence-electron chi connectivity index (χ3n) is 1.80. The van der Waals surface area contributed by atoms with Crippen LogP contribution in [0.4, 0.5) is 4.39 Å². The van der Waals surface area contributed by atoms with Gasteiger partial charge in [-0.05, 0) is 23.8 Å². The van der Waals surface area contributed by atoms with Crippen LogP contribution in [0.5, 0.6) is 5.75 Å². The van der Waals surface area contributed by atoms with Crippen molar-refractivity contribution < 1.29 is 19.4 Å². The van der Waals surface area contributed by atoms with Crippen molar-refractivity contribution in [2.24, 2.45) is 5.73 Å². The maximum Gasteiger partial charge on any atom is 0.320 e. The van der Waals surface area contributed by atoms with Crippen LogP contribution in [0.3, 0.4) is 0 Å². The van der Waals surface area contributed by atoms with E-state index in [1.807, 2.05) is 0 Å². The molecule has 0 amide bonds. The average Bonchev–Trinajstić information content (AvgIpc) is 2.11. The smallest absolute Gasteiger partial charge is 0.320 e. The molecule has 0 aliphatic carbocycles. The zero-order valence-corrected chi connectivity index (χ0v) is 7.27. The summed E-state index contributed by atoms with van der Waals surface area (Å²) < 4.78 is 12.7. The van der Waals surface area contributed by atoms with Crippen molar-refractivity contribution in [3.05, 3.63) is 29.6 Å². The van der Waals surface area contributed by atoms with Crippen molar-refractivity contribution in [3.63, 3.8) is 0 Å². The third-order valence-corrected chi connectivity index (χ3v) is 1.80. The zero-order valence-electron chi connectivity index (χ0n) is 7.27. The summed E-state index contributed by atoms with van der Waals surface area (Å²) in [4.78, 5) is 10.4. The van der Waals surface area contributed by atoms with Crippen LogP contribution in [0.25, 0.3) is 0 Å². The van der Waals surface area contributed by atoms with Crippen molar-refractivity contribution in [2.75, 3.05) is 0 Å². The van der Waals surface area contributed by atoms with Crippen LogP contribution < -0.4 is 5.73 Å². The van der Waals surface area contributed by atoms with E-state index in [-0.39, 0.29) is 17.7 Å². The van der Waals surface area contributed by atoms with Crippen LogP contribution in [0, 0.1) is 5.82 Å². The molecule has 0 spiro atoms. The first-order valence-electron chi connectivity index (χ1n) is 3.96. The summed E-state index contributed by atoms with van der Waals surface area (Å²) in [5.74, 6) is -1.87. The molecule has 0 radical (unpaired) electrons. The molecule has 0 aliphatic rings. The molecule has 0 saturated heterocycles. The highest BCUT2D eigenvalue weighted by atomic mass is 19.1. The number of carboxylic acid groups (broad SMARTS) is 1. The van der Waals surface area contributed by atoms with Gasteiger partial charge in [0.05, 0.1) is 0 Å². The Balaban J connectivity index is 2.85. The molecule has 0 aliphatic heterocycles. The molecule has 4 nitrogen and oxygen atoms in total. The molecule has 76 valence electrons. The molecule has 0 fully saturated rings. The van der Waals surface area contributed by atoms with Crippen molar-refractivity contribution in [1.82, 2.24) is 0 Å². The third kappa shape index (κ3) is 2.43. The van der Waals surface area contributed by atoms with E-state index >= 15 is 0 Å². The standard InChI is InChI=1S/C9H10FNO3/c10-6-1-2-8(12)5(3-6)4-7(11)9(13)14/h1-3,7,12H,4,11H2,(H,13,14)/t7-/m0/s1. The fraction of sp³-hybridized carbons (Fsp3) is 0.222. The summed E-state index contributed by atoms with van der Waals surface area (Å²) in [6, 6.07) is 2.19. The summed E-state index contributed by atoms with van der Waals surface area (Å²) >= 11 is 0. The molecule has 1 rings (SSSR count). The second-order valence-electron chi connectivity index (χ2n) is 2.92. The number of carbonyl (C=O) groups is 1. The minimum Gasteiger partial charge on any atom is -0.508 e. The number of aliphatic carboxylic acids is 1. The van der Waals surface area contributed by atoms with Gasteiger partial charge < -0.3 is 15.9 Å². The molecular weight excluding hydrogens is 189 g/mol. The normalized spacial score (nSPS) is 12.4. The van der Waals surface area contributed by atoms with Gasteiger partial charge in [0.25, 0.3) is 0 Å². The molecule has 1 aromatic carbocycles. The number of hydrogen-bond acceptors (Lipinski definition) is 3. The number of halogens is 1. The number of rotatable bonds is 3. The SMILES string of the molecule is N[C@@H](Cc1cc(F)ccc1O)C(=O)O. The van der Waals surface area contributed by atoms with Crippen LogP contribution in [-0.2, 0) is 11.2 Å². The van der Waals surface area contributed by atoms with Gasteiger partial charge in [0.2, 0.25) is 0 Å². The molecule has 14 heavy (non-hydrogen) atoms. The lowest BCUT2D eigenvalue weighted by Gasteiger charge is -2.07. The molecule has 0 aromatic heterocycles. The quantitative estimate of drug-likeness (QED) is 0.661. The lowest BCUT2D eigenvalue weighted by Crippen LogP contribution is -2.32. The van der Waals surface area contributed by atoms with Crippen molar-refractivity contribution in [3.8, 4) is 5.75 Å². The highest BCUT2D eigenvalue weighted by molar-refractivity contribution is 5.73. The maximum absolute atomic E-state index is 12.7. The Morgan fingerprint density at radius 1 is 1.57 bits per heavy atom. The van der Waals surface area contributed by atoms with E-state index < -0.39 is 17.8 Å². The summed E-state index contributed by atoms with van der Waals surface area (Å²) in [5.41, 5.74) is 5.43. The van der Waals surface area contributed by atoms with Gasteiger partial charge in [-0.1, -0.05) is 0 Å². The van der Waals surface area contributed by atoms with Gasteiger partial charge in [0, 0.05) is 6.42 Å². The Hall–Kier alpha value is -1.62. The fourth-order valence-electron chi connectivity index (χ4n) is 1.04. The molecule has 4 N–H and O–H groups in total. The van der Waals surface area contributed by atoms with Crippen LogP contribution in [0.1, 0.15) is 5.56 Å². The zero-order chi connectivity index (χ0) is 10.7. The van der Waals surface area contributed by atoms with Crippen LogP contribution in [0.15, 0.2) is 18.2 Å². The first-order chi connectivity index (χ1) is 6.50. The molecule has 5 heteroatoms. The number of phenolic OH excluding ortho intramolecular Hbond substituents is 1. The highest BCUT2D eigenvalue weighted by Crippen LogP contribution is 2.18. The molecular formula is C9H10FNO3. The van der Waals surface area contributed by atoms with Crippen LogP contribution in [-0.4, -0.2) is 22.2 Å². The monoisotopic (exact) mass is 199 g/mol. The second kappa shape index (κ2) is 4.06. The van der Waals surface area contributed by atoms with Crippen molar-refractivity contribution >= 4 is 5.97 Å². The molecule has 1 atom stereocenters. The van der Waals surface area contributed by atoms with Gasteiger partial charge in [-0.15, -0.1) is 0 Å². The van der Waals surface area contributed by atoms with Gasteiger partial charge in [0.15, 0.2) is 0 Å². The number of aromatic hydroxyl groups is 1. The topological polar surface area (TPSA) is 83.5 Å². The lowest BCUT2D eigenvalue weighted by atomic mass is 10.1. The van der Waals surface area contributed by atoms with E-state index in [0.29, 0.717) is 0 Å². The Bertz CT molecular complexity index is 354. The van der Waals surface area contributed by atoms with E-state index in [9.17, 15) is 14.3 Å². The number of phenols is 1. The Morgan fingerprint density at radius 2 is 2.21 bits per heavy atom. The van der Waals surface area contributed by atoms with Crippen molar-refractivity contribution in [1.29, 1.82) is 0 Å². The number of carboxylic acids is 1. The van der Waals surface area contributed by atoms with Gasteiger partial charge in [-0.3, -0.25) is 4.79 Å². The predicted octanol–water partition coefficient (Wildman–Crippen LogP) is 0.486. The minimum atomic E-state index is -1.19. The molecule has 0 heterocycles. The van der Waals surface area contributed by atoms with Gasteiger partial charge >= 0.3 is 5.97 Å². The highest BCUT2D eigenvalue weighted by Gasteiger charge is 2.14. The predicted molar refractivity (Wildman–Crippen MR) is 47.4 cm³/mol. The van der Waals surface area contributed by atoms with E-state index in [1.54, 1.807) is 0 Å². The number of benzene rings is 1. The Morgan fingerprint density at radius 3 is 2.79 bits per heavy atom. The van der Waals surface area contributed by atoms with E-state index in [0.717, 1.165) is 12.1 Å². The Labute approximate surface area is 79.8 Å². The fourth-order valence-corrected chi connectivity index (χ4v) is 1.04. The van der Waals surface area contributed by atoms with Crippen LogP contribution >= 0.6 is 0 Å². The van der Waals surface area contributed by atoms with Crippen LogP contribution in [0.2, 0.25) is 0 Å². The summed E-state index contributed by atoms with van der Waals surface area (Å²) in [6.45, 7) is 0. The molecule has 1 aromatic rings. The first kappa shape index (κ1) is 10.5. The first-order valence-corrected chi connectivity index (χ1v) is 3.96. The van der Waals surface area contributed by atoms with Crippen molar-refractivity contribution in [2.45, 2.75) is 12.5 Å². The second-order valence-corrected chi connectivity index (χ2v) is 2.92. The summed E-state index contributed by atoms with van der Waals surface area (Å²) in [6.07, 6.45) is -0.0983. The number of nitrogens with two attached hydrogens (primary N) is 1. The van der Waals surface area contributed by atoms with E-state index in [2.05, 4.69) is 0 Å². The van der Waals surface area contributed by atoms with Gasteiger partial charge in [-0.2, -0.15) is 0 Å². The molecule has 0 bridgehead atoms. The average molecular weight is 199 g/mol. The molecule has 0 saturated carbocycles. The van der Waals surface area contributed by atoms with Gasteiger partial charge in [0.1, 0.15) is 17.6 Å².